The Morgan fingerprint density at radius 1 is 1.02 bits per heavy atom. The van der Waals surface area contributed by atoms with E-state index in [9.17, 15) is 19.5 Å². The van der Waals surface area contributed by atoms with Crippen LogP contribution >= 0.6 is 11.6 Å². The molecule has 11 heteroatoms. The molecule has 0 bridgehead atoms. The summed E-state index contributed by atoms with van der Waals surface area (Å²) in [6.45, 7) is 0.773. The molecule has 1 heterocycles. The number of carboxylic acids is 1. The van der Waals surface area contributed by atoms with Crippen LogP contribution in [0.2, 0.25) is 5.02 Å². The van der Waals surface area contributed by atoms with E-state index >= 15 is 0 Å². The maximum absolute atomic E-state index is 13.2. The molecular weight excluding hydrogens is 560 g/mol. The number of nitrogens with two attached hydrogens (primary N) is 1. The summed E-state index contributed by atoms with van der Waals surface area (Å²) in [5.74, 6) is -1.22. The number of para-hydroxylation sites is 1. The van der Waals surface area contributed by atoms with Crippen LogP contribution in [-0.2, 0) is 9.53 Å². The minimum Gasteiger partial charge on any atom is -0.481 e. The van der Waals surface area contributed by atoms with E-state index in [1.54, 1.807) is 60.5 Å². The first kappa shape index (κ1) is 30.7. The fourth-order valence-electron chi connectivity index (χ4n) is 4.78. The van der Waals surface area contributed by atoms with E-state index in [0.717, 1.165) is 0 Å². The number of aliphatic imine (C=N–C) groups is 1. The quantitative estimate of drug-likeness (QED) is 0.270. The van der Waals surface area contributed by atoms with Crippen molar-refractivity contribution in [2.45, 2.75) is 12.5 Å². The molecule has 0 fully saturated rings. The number of carboxylic acid groups (broad SMARTS) is 1. The lowest BCUT2D eigenvalue weighted by Crippen LogP contribution is -2.49. The van der Waals surface area contributed by atoms with Gasteiger partial charge in [0.15, 0.2) is 0 Å². The lowest BCUT2D eigenvalue weighted by molar-refractivity contribution is -0.141. The van der Waals surface area contributed by atoms with Gasteiger partial charge in [0.25, 0.3) is 5.91 Å². The van der Waals surface area contributed by atoms with Crippen molar-refractivity contribution in [2.75, 3.05) is 39.9 Å². The molecule has 2 atom stereocenters. The molecule has 0 saturated carbocycles. The predicted molar refractivity (Wildman–Crippen MR) is 159 cm³/mol. The summed E-state index contributed by atoms with van der Waals surface area (Å²) in [7, 11) is 1.67. The lowest BCUT2D eigenvalue weighted by Gasteiger charge is -2.39. The van der Waals surface area contributed by atoms with Gasteiger partial charge in [-0.25, -0.2) is 4.79 Å². The monoisotopic (exact) mass is 592 g/mol. The number of aliphatic carboxylic acids is 1. The van der Waals surface area contributed by atoms with Crippen molar-refractivity contribution in [1.29, 1.82) is 0 Å². The topological polar surface area (TPSA) is 135 Å². The van der Waals surface area contributed by atoms with Crippen LogP contribution in [0, 0.1) is 5.92 Å². The van der Waals surface area contributed by atoms with Gasteiger partial charge in [-0.1, -0.05) is 48.0 Å². The van der Waals surface area contributed by atoms with Gasteiger partial charge >= 0.3 is 12.0 Å². The lowest BCUT2D eigenvalue weighted by atomic mass is 9.86. The van der Waals surface area contributed by atoms with Crippen LogP contribution < -0.4 is 10.5 Å². The molecule has 1 aliphatic heterocycles. The highest BCUT2D eigenvalue weighted by atomic mass is 35.5. The van der Waals surface area contributed by atoms with Gasteiger partial charge in [-0.2, -0.15) is 4.99 Å². The van der Waals surface area contributed by atoms with Gasteiger partial charge in [0, 0.05) is 37.3 Å². The molecule has 10 nitrogen and oxygen atoms in total. The van der Waals surface area contributed by atoms with Crippen molar-refractivity contribution in [1.82, 2.24) is 9.80 Å². The van der Waals surface area contributed by atoms with Gasteiger partial charge in [0.2, 0.25) is 0 Å². The first-order valence-electron chi connectivity index (χ1n) is 13.5. The molecule has 0 aliphatic carbocycles. The van der Waals surface area contributed by atoms with Crippen LogP contribution in [0.25, 0.3) is 0 Å². The predicted octanol–water partition coefficient (Wildman–Crippen LogP) is 4.89. The second-order valence-corrected chi connectivity index (χ2v) is 10.1. The Labute approximate surface area is 249 Å². The Kier molecular flexibility index (Phi) is 10.7. The number of nitrogens with zero attached hydrogens (tertiary/aromatic N) is 3. The fraction of sp³-hybridized carbons (Fsp3) is 0.290. The third kappa shape index (κ3) is 7.52. The number of amides is 3. The van der Waals surface area contributed by atoms with Gasteiger partial charge in [-0.3, -0.25) is 9.59 Å². The molecule has 2 unspecified atom stereocenters. The maximum Gasteiger partial charge on any atom is 0.344 e. The molecular formula is C31H33ClN4O6. The highest BCUT2D eigenvalue weighted by Gasteiger charge is 2.44. The van der Waals surface area contributed by atoms with Crippen LogP contribution in [0.15, 0.2) is 83.9 Å². The number of benzene rings is 3. The summed E-state index contributed by atoms with van der Waals surface area (Å²) in [5, 5.41) is 10.5. The molecule has 0 spiro atoms. The maximum atomic E-state index is 13.2. The Morgan fingerprint density at radius 3 is 2.36 bits per heavy atom. The Bertz CT molecular complexity index is 1420. The number of halogens is 1. The largest absolute Gasteiger partial charge is 0.481 e. The Morgan fingerprint density at radius 2 is 1.69 bits per heavy atom. The third-order valence-corrected chi connectivity index (χ3v) is 7.16. The summed E-state index contributed by atoms with van der Waals surface area (Å²) in [6, 6.07) is 21.5. The van der Waals surface area contributed by atoms with Gasteiger partial charge in [0.1, 0.15) is 17.4 Å². The standard InChI is InChI=1S/C31H33ClN4O6/c1-35(29(37)21-12-14-23(15-13-21)42-22-8-3-2-4-9-22)17-7-18-36-28(24-10-5-6-11-25(24)32)27(30(38)39)26(34-31(36)40)20-41-19-16-33/h2-6,8-15,27-28H,7,16-20,33H2,1H3,(H,38,39). The molecule has 42 heavy (non-hydrogen) atoms. The molecule has 1 aliphatic rings. The van der Waals surface area contributed by atoms with E-state index in [2.05, 4.69) is 4.99 Å². The number of carbonyl (C=O) groups excluding carboxylic acids is 2. The second-order valence-electron chi connectivity index (χ2n) is 9.72. The average Bonchev–Trinajstić information content (AvgIpc) is 2.98. The summed E-state index contributed by atoms with van der Waals surface area (Å²) in [5.41, 5.74) is 6.58. The van der Waals surface area contributed by atoms with Crippen LogP contribution in [0.1, 0.15) is 28.4 Å². The van der Waals surface area contributed by atoms with E-state index in [0.29, 0.717) is 40.6 Å². The number of carbonyl (C=O) groups is 3. The van der Waals surface area contributed by atoms with Crippen molar-refractivity contribution in [3.8, 4) is 11.5 Å². The van der Waals surface area contributed by atoms with Crippen LogP contribution in [0.3, 0.4) is 0 Å². The van der Waals surface area contributed by atoms with E-state index < -0.39 is 24.0 Å². The number of rotatable bonds is 13. The van der Waals surface area contributed by atoms with Gasteiger partial charge < -0.3 is 30.1 Å². The van der Waals surface area contributed by atoms with Crippen molar-refractivity contribution in [3.05, 3.63) is 95.0 Å². The van der Waals surface area contributed by atoms with E-state index in [-0.39, 0.29) is 37.9 Å². The molecule has 3 aromatic rings. The van der Waals surface area contributed by atoms with Crippen molar-refractivity contribution in [2.24, 2.45) is 16.6 Å². The normalized spacial score (nSPS) is 16.6. The SMILES string of the molecule is CN(CCCN1C(=O)N=C(COCCN)C(C(=O)O)C1c1ccccc1Cl)C(=O)c1ccc(Oc2ccccc2)cc1. The minimum absolute atomic E-state index is 0.106. The van der Waals surface area contributed by atoms with E-state index in [1.807, 2.05) is 30.3 Å². The summed E-state index contributed by atoms with van der Waals surface area (Å²) < 4.78 is 11.2. The average molecular weight is 593 g/mol. The molecule has 3 aromatic carbocycles. The van der Waals surface area contributed by atoms with Crippen LogP contribution in [0.4, 0.5) is 4.79 Å². The summed E-state index contributed by atoms with van der Waals surface area (Å²) in [4.78, 5) is 45.8. The zero-order chi connectivity index (χ0) is 30.1. The molecule has 220 valence electrons. The summed E-state index contributed by atoms with van der Waals surface area (Å²) >= 11 is 6.49. The number of hydrogen-bond acceptors (Lipinski definition) is 6. The van der Waals surface area contributed by atoms with Gasteiger partial charge in [0.05, 0.1) is 25.0 Å². The molecule has 3 amide bonds. The van der Waals surface area contributed by atoms with Crippen molar-refractivity contribution in [3.63, 3.8) is 0 Å². The molecule has 3 N–H and O–H groups in total. The fourth-order valence-corrected chi connectivity index (χ4v) is 5.03. The number of hydrogen-bond donors (Lipinski definition) is 2. The van der Waals surface area contributed by atoms with Crippen LogP contribution in [0.5, 0.6) is 11.5 Å². The molecule has 0 radical (unpaired) electrons. The number of urea groups is 1. The zero-order valence-electron chi connectivity index (χ0n) is 23.2. The highest BCUT2D eigenvalue weighted by Crippen LogP contribution is 2.38. The second kappa shape index (κ2) is 14.6. The van der Waals surface area contributed by atoms with E-state index in [1.165, 1.54) is 4.90 Å². The van der Waals surface area contributed by atoms with E-state index in [4.69, 9.17) is 26.8 Å². The van der Waals surface area contributed by atoms with Gasteiger partial charge in [-0.15, -0.1) is 0 Å². The first-order chi connectivity index (χ1) is 20.3. The highest BCUT2D eigenvalue weighted by molar-refractivity contribution is 6.31. The smallest absolute Gasteiger partial charge is 0.344 e. The van der Waals surface area contributed by atoms with Crippen molar-refractivity contribution < 1.29 is 29.0 Å². The summed E-state index contributed by atoms with van der Waals surface area (Å²) in [6.07, 6.45) is 0.380. The van der Waals surface area contributed by atoms with Crippen LogP contribution in [-0.4, -0.2) is 78.4 Å². The number of ether oxygens (including phenoxy) is 2. The molecule has 0 aromatic heterocycles. The molecule has 4 rings (SSSR count). The zero-order valence-corrected chi connectivity index (χ0v) is 23.9. The first-order valence-corrected chi connectivity index (χ1v) is 13.9. The van der Waals surface area contributed by atoms with Gasteiger partial charge in [-0.05, 0) is 54.4 Å². The Hall–Kier alpha value is -4.25. The Balaban J connectivity index is 1.45. The van der Waals surface area contributed by atoms with Crippen molar-refractivity contribution >= 4 is 35.2 Å². The minimum atomic E-state index is -1.17. The molecule has 0 saturated heterocycles. The third-order valence-electron chi connectivity index (χ3n) is 6.82.